The second-order valence-corrected chi connectivity index (χ2v) is 8.89. The molecule has 3 fully saturated rings. The third-order valence-electron chi connectivity index (χ3n) is 5.60. The zero-order chi connectivity index (χ0) is 19.7. The van der Waals surface area contributed by atoms with Gasteiger partial charge in [0.15, 0.2) is 0 Å². The Kier molecular flexibility index (Phi) is 6.28. The van der Waals surface area contributed by atoms with Crippen molar-refractivity contribution in [1.82, 2.24) is 10.2 Å². The molecular weight excluding hydrogens is 344 g/mol. The van der Waals surface area contributed by atoms with Gasteiger partial charge in [0, 0.05) is 37.6 Å². The summed E-state index contributed by atoms with van der Waals surface area (Å²) in [5.41, 5.74) is 4.38. The number of nitrogens with zero attached hydrogens (tertiary/aromatic N) is 1. The summed E-state index contributed by atoms with van der Waals surface area (Å²) in [6, 6.07) is 0.442. The number of hydrogen-bond acceptors (Lipinski definition) is 4. The molecule has 0 radical (unpaired) electrons. The van der Waals surface area contributed by atoms with Crippen LogP contribution < -0.4 is 11.1 Å². The van der Waals surface area contributed by atoms with Gasteiger partial charge < -0.3 is 21.1 Å². The number of carboxylic acids is 1. The van der Waals surface area contributed by atoms with E-state index in [0.29, 0.717) is 31.8 Å². The molecule has 0 unspecified atom stereocenters. The molecule has 1 amide bonds. The van der Waals surface area contributed by atoms with Crippen LogP contribution in [0, 0.1) is 10.8 Å². The predicted molar refractivity (Wildman–Crippen MR) is 93.9 cm³/mol. The number of hydrogen-bond donors (Lipinski definition) is 3. The van der Waals surface area contributed by atoms with E-state index in [1.54, 1.807) is 20.8 Å². The Morgan fingerprint density at radius 2 is 2.00 bits per heavy atom. The number of nitrogens with one attached hydrogen (secondary N) is 1. The number of fused-ring (bicyclic) bond motifs is 2. The van der Waals surface area contributed by atoms with Gasteiger partial charge in [-0.25, -0.2) is 8.78 Å². The molecule has 0 aromatic heterocycles. The lowest BCUT2D eigenvalue weighted by Gasteiger charge is -2.36. The van der Waals surface area contributed by atoms with Gasteiger partial charge >= 0.3 is 5.97 Å². The number of halogens is 2. The van der Waals surface area contributed by atoms with E-state index in [1.165, 1.54) is 0 Å². The Morgan fingerprint density at radius 1 is 1.38 bits per heavy atom. The van der Waals surface area contributed by atoms with E-state index >= 15 is 0 Å². The summed E-state index contributed by atoms with van der Waals surface area (Å²) in [4.78, 5) is 24.6. The molecule has 1 saturated carbocycles. The fourth-order valence-electron chi connectivity index (χ4n) is 4.04. The molecule has 2 bridgehead atoms. The molecule has 0 spiro atoms. The average molecular weight is 375 g/mol. The fraction of sp³-hybridized carbons (Fsp3) is 0.889. The zero-order valence-corrected chi connectivity index (χ0v) is 15.8. The molecule has 2 heterocycles. The first-order valence-corrected chi connectivity index (χ1v) is 9.26. The Balaban J connectivity index is 0.000000298. The van der Waals surface area contributed by atoms with Gasteiger partial charge in [0.25, 0.3) is 0 Å². The van der Waals surface area contributed by atoms with Gasteiger partial charge in [-0.2, -0.15) is 0 Å². The van der Waals surface area contributed by atoms with E-state index in [1.807, 2.05) is 4.90 Å². The van der Waals surface area contributed by atoms with E-state index in [2.05, 4.69) is 5.32 Å². The van der Waals surface area contributed by atoms with E-state index in [9.17, 15) is 18.4 Å². The van der Waals surface area contributed by atoms with Gasteiger partial charge in [-0.15, -0.1) is 0 Å². The summed E-state index contributed by atoms with van der Waals surface area (Å²) in [6.45, 7) is 6.46. The van der Waals surface area contributed by atoms with Crippen LogP contribution in [0.2, 0.25) is 0 Å². The third kappa shape index (κ3) is 4.71. The van der Waals surface area contributed by atoms with Crippen molar-refractivity contribution in [2.75, 3.05) is 13.1 Å². The Bertz CT molecular complexity index is 538. The van der Waals surface area contributed by atoms with Gasteiger partial charge in [-0.1, -0.05) is 0 Å². The van der Waals surface area contributed by atoms with Gasteiger partial charge in [0.05, 0.1) is 10.8 Å². The SMILES string of the molecule is CC(C)(C)C(=O)O.N[C@@H]1CC[C@](CC(F)F)(C(=O)N2C[C@@H]3C[C@H]2CN3)C1. The number of likely N-dealkylation sites (tertiary alicyclic amines) is 1. The molecular formula is C18H31F2N3O3. The molecule has 2 saturated heterocycles. The molecule has 0 aromatic rings. The molecule has 150 valence electrons. The summed E-state index contributed by atoms with van der Waals surface area (Å²) < 4.78 is 25.7. The molecule has 1 aliphatic carbocycles. The van der Waals surface area contributed by atoms with Crippen molar-refractivity contribution >= 4 is 11.9 Å². The number of amides is 1. The molecule has 4 atom stereocenters. The second-order valence-electron chi connectivity index (χ2n) is 8.89. The lowest BCUT2D eigenvalue weighted by molar-refractivity contribution is -0.146. The number of carbonyl (C=O) groups is 2. The topological polar surface area (TPSA) is 95.7 Å². The zero-order valence-electron chi connectivity index (χ0n) is 15.8. The van der Waals surface area contributed by atoms with Crippen molar-refractivity contribution in [3.8, 4) is 0 Å². The first-order valence-electron chi connectivity index (χ1n) is 9.26. The average Bonchev–Trinajstić information content (AvgIpc) is 3.21. The van der Waals surface area contributed by atoms with Crippen molar-refractivity contribution < 1.29 is 23.5 Å². The van der Waals surface area contributed by atoms with Crippen LogP contribution in [0.5, 0.6) is 0 Å². The Hall–Kier alpha value is -1.28. The predicted octanol–water partition coefficient (Wildman–Crippen LogP) is 1.83. The molecule has 8 heteroatoms. The Morgan fingerprint density at radius 3 is 2.35 bits per heavy atom. The van der Waals surface area contributed by atoms with Crippen molar-refractivity contribution in [3.05, 3.63) is 0 Å². The number of alkyl halides is 2. The first-order chi connectivity index (χ1) is 11.9. The molecule has 6 nitrogen and oxygen atoms in total. The van der Waals surface area contributed by atoms with E-state index < -0.39 is 23.2 Å². The van der Waals surface area contributed by atoms with Crippen LogP contribution in [0.25, 0.3) is 0 Å². The van der Waals surface area contributed by atoms with E-state index in [-0.39, 0.29) is 24.4 Å². The molecule has 26 heavy (non-hydrogen) atoms. The summed E-state index contributed by atoms with van der Waals surface area (Å²) in [5.74, 6) is -0.831. The first kappa shape index (κ1) is 21.0. The maximum Gasteiger partial charge on any atom is 0.308 e. The van der Waals surface area contributed by atoms with Gasteiger partial charge in [0.1, 0.15) is 0 Å². The van der Waals surface area contributed by atoms with Crippen LogP contribution >= 0.6 is 0 Å². The van der Waals surface area contributed by atoms with Crippen molar-refractivity contribution in [2.45, 2.75) is 77.4 Å². The van der Waals surface area contributed by atoms with Crippen molar-refractivity contribution in [2.24, 2.45) is 16.6 Å². The van der Waals surface area contributed by atoms with Crippen molar-refractivity contribution in [1.29, 1.82) is 0 Å². The summed E-state index contributed by atoms with van der Waals surface area (Å²) in [7, 11) is 0. The molecule has 4 N–H and O–H groups in total. The number of rotatable bonds is 3. The number of nitrogens with two attached hydrogens (primary N) is 1. The second kappa shape index (κ2) is 7.76. The summed E-state index contributed by atoms with van der Waals surface area (Å²) in [5, 5.41) is 11.6. The molecule has 0 aromatic carbocycles. The lowest BCUT2D eigenvalue weighted by Crippen LogP contribution is -2.52. The minimum atomic E-state index is -2.44. The van der Waals surface area contributed by atoms with Crippen LogP contribution in [0.3, 0.4) is 0 Å². The summed E-state index contributed by atoms with van der Waals surface area (Å²) >= 11 is 0. The molecule has 3 aliphatic rings. The normalized spacial score (nSPS) is 33.3. The Labute approximate surface area is 153 Å². The number of carboxylic acid groups (broad SMARTS) is 1. The highest BCUT2D eigenvalue weighted by molar-refractivity contribution is 5.84. The van der Waals surface area contributed by atoms with Crippen LogP contribution in [0.15, 0.2) is 0 Å². The van der Waals surface area contributed by atoms with E-state index in [0.717, 1.165) is 13.0 Å². The standard InChI is InChI=1S/C13H21F2N3O.C5H10O2/c14-11(15)5-13(2-1-8(16)4-13)12(19)18-7-9-3-10(18)6-17-9;1-5(2,3)4(6)7/h8-11,17H,1-7,16H2;1-3H3,(H,6,7)/t8-,9+,10+,13+;/m1./s1. The highest BCUT2D eigenvalue weighted by Crippen LogP contribution is 2.45. The van der Waals surface area contributed by atoms with Crippen LogP contribution in [0.4, 0.5) is 8.78 Å². The monoisotopic (exact) mass is 375 g/mol. The smallest absolute Gasteiger partial charge is 0.308 e. The largest absolute Gasteiger partial charge is 0.481 e. The maximum atomic E-state index is 12.9. The maximum absolute atomic E-state index is 12.9. The third-order valence-corrected chi connectivity index (χ3v) is 5.60. The highest BCUT2D eigenvalue weighted by Gasteiger charge is 2.51. The molecule has 3 rings (SSSR count). The highest BCUT2D eigenvalue weighted by atomic mass is 19.3. The van der Waals surface area contributed by atoms with Gasteiger partial charge in [0.2, 0.25) is 12.3 Å². The number of piperazine rings is 1. The summed E-state index contributed by atoms with van der Waals surface area (Å²) in [6.07, 6.45) is -0.203. The minimum absolute atomic E-state index is 0.0743. The minimum Gasteiger partial charge on any atom is -0.481 e. The lowest BCUT2D eigenvalue weighted by atomic mass is 9.80. The van der Waals surface area contributed by atoms with Crippen LogP contribution in [-0.4, -0.2) is 59.5 Å². The molecule has 2 aliphatic heterocycles. The number of aliphatic carboxylic acids is 1. The van der Waals surface area contributed by atoms with Crippen LogP contribution in [0.1, 0.15) is 52.9 Å². The quantitative estimate of drug-likeness (QED) is 0.699. The van der Waals surface area contributed by atoms with Gasteiger partial charge in [-0.05, 0) is 46.5 Å². The van der Waals surface area contributed by atoms with Gasteiger partial charge in [-0.3, -0.25) is 9.59 Å². The van der Waals surface area contributed by atoms with Crippen molar-refractivity contribution in [3.63, 3.8) is 0 Å². The fourth-order valence-corrected chi connectivity index (χ4v) is 4.04. The van der Waals surface area contributed by atoms with E-state index in [4.69, 9.17) is 10.8 Å². The van der Waals surface area contributed by atoms with Crippen LogP contribution in [-0.2, 0) is 9.59 Å². The number of carbonyl (C=O) groups excluding carboxylic acids is 1.